The van der Waals surface area contributed by atoms with Crippen molar-refractivity contribution in [2.75, 3.05) is 10.6 Å². The molecule has 154 valence electrons. The van der Waals surface area contributed by atoms with E-state index in [0.717, 1.165) is 23.6 Å². The number of rotatable bonds is 6. The molecule has 3 rings (SSSR count). The van der Waals surface area contributed by atoms with Gasteiger partial charge >= 0.3 is 0 Å². The van der Waals surface area contributed by atoms with Gasteiger partial charge in [-0.2, -0.15) is 0 Å². The summed E-state index contributed by atoms with van der Waals surface area (Å²) in [6.07, 6.45) is 2.29. The van der Waals surface area contributed by atoms with Gasteiger partial charge in [-0.25, -0.2) is 0 Å². The summed E-state index contributed by atoms with van der Waals surface area (Å²) in [4.78, 5) is 24.7. The Kier molecular flexibility index (Phi) is 7.38. The molecule has 0 saturated carbocycles. The number of amides is 2. The highest BCUT2D eigenvalue weighted by Gasteiger charge is 2.13. The summed E-state index contributed by atoms with van der Waals surface area (Å²) in [5.74, 6) is -0.358. The summed E-state index contributed by atoms with van der Waals surface area (Å²) < 4.78 is 0. The van der Waals surface area contributed by atoms with E-state index >= 15 is 0 Å². The first-order valence-electron chi connectivity index (χ1n) is 9.67. The van der Waals surface area contributed by atoms with Crippen molar-refractivity contribution in [2.45, 2.75) is 26.2 Å². The lowest BCUT2D eigenvalue weighted by Crippen LogP contribution is -2.34. The average molecular weight is 440 g/mol. The lowest BCUT2D eigenvalue weighted by molar-refractivity contribution is -0.116. The topological polar surface area (TPSA) is 70.2 Å². The molecule has 3 N–H and O–H groups in total. The van der Waals surface area contributed by atoms with Gasteiger partial charge in [0.15, 0.2) is 5.11 Å². The van der Waals surface area contributed by atoms with Gasteiger partial charge in [0, 0.05) is 33.8 Å². The number of carbonyl (C=O) groups is 2. The normalized spacial score (nSPS) is 10.5. The minimum Gasteiger partial charge on any atom is -0.332 e. The van der Waals surface area contributed by atoms with Gasteiger partial charge in [0.1, 0.15) is 0 Å². The summed E-state index contributed by atoms with van der Waals surface area (Å²) in [7, 11) is 0. The van der Waals surface area contributed by atoms with Gasteiger partial charge in [0.2, 0.25) is 5.91 Å². The molecule has 3 aromatic carbocycles. The quantitative estimate of drug-likeness (QED) is 0.428. The number of thiocarbonyl (C=S) groups is 1. The number of fused-ring (bicyclic) bond motifs is 1. The molecule has 0 aromatic heterocycles. The Morgan fingerprint density at radius 2 is 1.60 bits per heavy atom. The van der Waals surface area contributed by atoms with Crippen molar-refractivity contribution < 1.29 is 9.59 Å². The molecular weight excluding hydrogens is 418 g/mol. The maximum atomic E-state index is 12.7. The molecule has 0 aliphatic heterocycles. The fraction of sp³-hybridized carbons (Fsp3) is 0.174. The van der Waals surface area contributed by atoms with Crippen LogP contribution in [-0.2, 0) is 4.79 Å². The van der Waals surface area contributed by atoms with E-state index in [0.29, 0.717) is 28.4 Å². The van der Waals surface area contributed by atoms with E-state index in [9.17, 15) is 9.59 Å². The van der Waals surface area contributed by atoms with E-state index in [1.54, 1.807) is 48.5 Å². The highest BCUT2D eigenvalue weighted by atomic mass is 35.5. The van der Waals surface area contributed by atoms with Crippen molar-refractivity contribution in [3.05, 3.63) is 71.2 Å². The van der Waals surface area contributed by atoms with Crippen LogP contribution >= 0.6 is 23.8 Å². The van der Waals surface area contributed by atoms with Crippen LogP contribution < -0.4 is 16.0 Å². The van der Waals surface area contributed by atoms with E-state index in [2.05, 4.69) is 16.0 Å². The van der Waals surface area contributed by atoms with Gasteiger partial charge in [-0.15, -0.1) is 0 Å². The predicted molar refractivity (Wildman–Crippen MR) is 127 cm³/mol. The summed E-state index contributed by atoms with van der Waals surface area (Å²) in [6, 6.07) is 18.0. The molecule has 30 heavy (non-hydrogen) atoms. The van der Waals surface area contributed by atoms with Gasteiger partial charge in [-0.1, -0.05) is 55.3 Å². The molecule has 0 saturated heterocycles. The number of hydrogen-bond acceptors (Lipinski definition) is 3. The summed E-state index contributed by atoms with van der Waals surface area (Å²) in [5, 5.41) is 10.8. The Labute approximate surface area is 185 Å². The third-order valence-electron chi connectivity index (χ3n) is 4.50. The van der Waals surface area contributed by atoms with Crippen LogP contribution in [-0.4, -0.2) is 16.9 Å². The van der Waals surface area contributed by atoms with E-state index in [4.69, 9.17) is 23.8 Å². The van der Waals surface area contributed by atoms with Crippen molar-refractivity contribution in [2.24, 2.45) is 0 Å². The number of benzene rings is 3. The first kappa shape index (κ1) is 21.7. The zero-order chi connectivity index (χ0) is 21.5. The standard InChI is InChI=1S/C23H22ClN3O2S/c1-2-3-13-21(28)25-15-7-4-8-16(14-15)26-23(30)27-22(29)19-11-5-10-18-17(19)9-6-12-20(18)24/h4-12,14H,2-3,13H2,1H3,(H,25,28)(H2,26,27,29,30). The second-order valence-electron chi connectivity index (χ2n) is 6.78. The third kappa shape index (κ3) is 5.55. The average Bonchev–Trinajstić information content (AvgIpc) is 2.72. The summed E-state index contributed by atoms with van der Waals surface area (Å²) in [6.45, 7) is 2.04. The minimum atomic E-state index is -0.329. The molecular formula is C23H22ClN3O2S. The van der Waals surface area contributed by atoms with Crippen LogP contribution in [0.3, 0.4) is 0 Å². The number of hydrogen-bond donors (Lipinski definition) is 3. The van der Waals surface area contributed by atoms with Crippen molar-refractivity contribution in [3.8, 4) is 0 Å². The second-order valence-corrected chi connectivity index (χ2v) is 7.60. The van der Waals surface area contributed by atoms with Crippen LogP contribution in [0.4, 0.5) is 11.4 Å². The Morgan fingerprint density at radius 1 is 0.933 bits per heavy atom. The smallest absolute Gasteiger partial charge is 0.258 e. The Balaban J connectivity index is 1.66. The number of carbonyl (C=O) groups excluding carboxylic acids is 2. The van der Waals surface area contributed by atoms with Crippen LogP contribution in [0, 0.1) is 0 Å². The molecule has 0 bridgehead atoms. The molecule has 0 atom stereocenters. The van der Waals surface area contributed by atoms with Crippen molar-refractivity contribution >= 4 is 62.9 Å². The Morgan fingerprint density at radius 3 is 2.37 bits per heavy atom. The maximum Gasteiger partial charge on any atom is 0.258 e. The predicted octanol–water partition coefficient (Wildman–Crippen LogP) is 5.75. The lowest BCUT2D eigenvalue weighted by Gasteiger charge is -2.12. The van der Waals surface area contributed by atoms with Crippen molar-refractivity contribution in [1.29, 1.82) is 0 Å². The zero-order valence-electron chi connectivity index (χ0n) is 16.5. The van der Waals surface area contributed by atoms with E-state index in [1.807, 2.05) is 19.1 Å². The number of nitrogens with one attached hydrogen (secondary N) is 3. The minimum absolute atomic E-state index is 0.0282. The third-order valence-corrected chi connectivity index (χ3v) is 5.04. The van der Waals surface area contributed by atoms with Crippen LogP contribution in [0.15, 0.2) is 60.7 Å². The molecule has 7 heteroatoms. The summed E-state index contributed by atoms with van der Waals surface area (Å²) in [5.41, 5.74) is 1.81. The molecule has 5 nitrogen and oxygen atoms in total. The van der Waals surface area contributed by atoms with Gasteiger partial charge < -0.3 is 10.6 Å². The summed E-state index contributed by atoms with van der Waals surface area (Å²) >= 11 is 11.5. The molecule has 2 amide bonds. The highest BCUT2D eigenvalue weighted by molar-refractivity contribution is 7.80. The molecule has 0 radical (unpaired) electrons. The van der Waals surface area contributed by atoms with Gasteiger partial charge in [0.05, 0.1) is 0 Å². The maximum absolute atomic E-state index is 12.7. The second kappa shape index (κ2) is 10.2. The van der Waals surface area contributed by atoms with E-state index in [1.165, 1.54) is 0 Å². The van der Waals surface area contributed by atoms with Crippen LogP contribution in [0.25, 0.3) is 10.8 Å². The fourth-order valence-electron chi connectivity index (χ4n) is 3.04. The molecule has 0 aliphatic carbocycles. The number of anilines is 2. The zero-order valence-corrected chi connectivity index (χ0v) is 18.1. The van der Waals surface area contributed by atoms with Gasteiger partial charge in [0.25, 0.3) is 5.91 Å². The molecule has 3 aromatic rings. The number of unbranched alkanes of at least 4 members (excludes halogenated alkanes) is 1. The molecule has 0 unspecified atom stereocenters. The largest absolute Gasteiger partial charge is 0.332 e. The van der Waals surface area contributed by atoms with Crippen LogP contribution in [0.1, 0.15) is 36.5 Å². The van der Waals surface area contributed by atoms with E-state index in [-0.39, 0.29) is 16.9 Å². The molecule has 0 aliphatic rings. The van der Waals surface area contributed by atoms with Crippen LogP contribution in [0.5, 0.6) is 0 Å². The molecule has 0 spiro atoms. The lowest BCUT2D eigenvalue weighted by atomic mass is 10.0. The van der Waals surface area contributed by atoms with Gasteiger partial charge in [-0.05, 0) is 54.4 Å². The fourth-order valence-corrected chi connectivity index (χ4v) is 3.49. The van der Waals surface area contributed by atoms with E-state index < -0.39 is 0 Å². The Bertz CT molecular complexity index is 1100. The monoisotopic (exact) mass is 439 g/mol. The van der Waals surface area contributed by atoms with Crippen molar-refractivity contribution in [1.82, 2.24) is 5.32 Å². The number of halogens is 1. The highest BCUT2D eigenvalue weighted by Crippen LogP contribution is 2.26. The first-order chi connectivity index (χ1) is 14.5. The molecule has 0 heterocycles. The Hall–Kier alpha value is -2.96. The molecule has 0 fully saturated rings. The SMILES string of the molecule is CCCCC(=O)Nc1cccc(NC(=S)NC(=O)c2cccc3c(Cl)cccc23)c1. The van der Waals surface area contributed by atoms with Crippen molar-refractivity contribution in [3.63, 3.8) is 0 Å². The van der Waals surface area contributed by atoms with Crippen LogP contribution in [0.2, 0.25) is 5.02 Å². The van der Waals surface area contributed by atoms with Gasteiger partial charge in [-0.3, -0.25) is 14.9 Å². The first-order valence-corrected chi connectivity index (χ1v) is 10.5.